The van der Waals surface area contributed by atoms with Crippen molar-refractivity contribution >= 4 is 23.0 Å². The van der Waals surface area contributed by atoms with Gasteiger partial charge in [0.15, 0.2) is 5.78 Å². The number of fused-ring (bicyclic) bond motifs is 3. The molecule has 2 aliphatic heterocycles. The number of carbonyl (C=O) groups excluding carboxylic acids is 2. The third kappa shape index (κ3) is 1.37. The molecule has 1 saturated heterocycles. The molecule has 18 heavy (non-hydrogen) atoms. The minimum Gasteiger partial charge on any atom is -0.304 e. The Morgan fingerprint density at radius 1 is 1.33 bits per heavy atom. The number of rotatable bonds is 1. The fourth-order valence-corrected chi connectivity index (χ4v) is 3.15. The standard InChI is InChI=1S/C15H15NO2/c1-9-11-5-3-4-6-12(11)16-13(7-8-14(16)18)15(9)10(2)17/h3-6,13H,7-8H2,1-2H3. The summed E-state index contributed by atoms with van der Waals surface area (Å²) in [5.41, 5.74) is 3.79. The Balaban J connectivity index is 2.29. The van der Waals surface area contributed by atoms with E-state index in [4.69, 9.17) is 0 Å². The molecule has 0 aliphatic carbocycles. The van der Waals surface area contributed by atoms with Gasteiger partial charge in [0.05, 0.1) is 11.7 Å². The lowest BCUT2D eigenvalue weighted by Crippen LogP contribution is -2.39. The van der Waals surface area contributed by atoms with Gasteiger partial charge in [0, 0.05) is 17.6 Å². The molecule has 0 bridgehead atoms. The molecule has 3 rings (SSSR count). The Morgan fingerprint density at radius 2 is 2.06 bits per heavy atom. The molecule has 0 radical (unpaired) electrons. The summed E-state index contributed by atoms with van der Waals surface area (Å²) in [6.45, 7) is 3.57. The molecule has 1 unspecified atom stereocenters. The first-order chi connectivity index (χ1) is 8.61. The number of hydrogen-bond donors (Lipinski definition) is 0. The van der Waals surface area contributed by atoms with Crippen molar-refractivity contribution in [3.8, 4) is 0 Å². The van der Waals surface area contributed by atoms with E-state index in [0.29, 0.717) is 6.42 Å². The molecule has 0 spiro atoms. The first kappa shape index (κ1) is 11.2. The lowest BCUT2D eigenvalue weighted by molar-refractivity contribution is -0.117. The van der Waals surface area contributed by atoms with Crippen molar-refractivity contribution in [2.75, 3.05) is 4.90 Å². The van der Waals surface area contributed by atoms with Gasteiger partial charge in [0.2, 0.25) is 5.91 Å². The number of benzene rings is 1. The Kier molecular flexibility index (Phi) is 2.37. The number of para-hydroxylation sites is 1. The minimum atomic E-state index is -0.0510. The topological polar surface area (TPSA) is 37.4 Å². The molecular formula is C15H15NO2. The van der Waals surface area contributed by atoms with E-state index in [1.54, 1.807) is 11.8 Å². The molecule has 0 aromatic heterocycles. The lowest BCUT2D eigenvalue weighted by Gasteiger charge is -2.34. The van der Waals surface area contributed by atoms with Crippen molar-refractivity contribution in [2.24, 2.45) is 0 Å². The number of anilines is 1. The van der Waals surface area contributed by atoms with Gasteiger partial charge in [-0.3, -0.25) is 9.59 Å². The summed E-state index contributed by atoms with van der Waals surface area (Å²) in [7, 11) is 0. The van der Waals surface area contributed by atoms with E-state index in [2.05, 4.69) is 0 Å². The first-order valence-corrected chi connectivity index (χ1v) is 6.24. The van der Waals surface area contributed by atoms with Gasteiger partial charge in [-0.15, -0.1) is 0 Å². The summed E-state index contributed by atoms with van der Waals surface area (Å²) in [5.74, 6) is 0.199. The highest BCUT2D eigenvalue weighted by molar-refractivity contribution is 6.11. The van der Waals surface area contributed by atoms with Gasteiger partial charge in [0.1, 0.15) is 0 Å². The van der Waals surface area contributed by atoms with E-state index in [-0.39, 0.29) is 17.7 Å². The number of hydrogen-bond acceptors (Lipinski definition) is 2. The number of nitrogens with zero attached hydrogens (tertiary/aromatic N) is 1. The molecule has 3 heteroatoms. The highest BCUT2D eigenvalue weighted by Gasteiger charge is 2.40. The van der Waals surface area contributed by atoms with E-state index in [9.17, 15) is 9.59 Å². The van der Waals surface area contributed by atoms with Gasteiger partial charge in [0.25, 0.3) is 0 Å². The third-order valence-corrected chi connectivity index (χ3v) is 3.90. The molecule has 3 nitrogen and oxygen atoms in total. The SMILES string of the molecule is CC(=O)C1=C(C)c2ccccc2N2C(=O)CCC12. The van der Waals surface area contributed by atoms with E-state index in [0.717, 1.165) is 28.8 Å². The summed E-state index contributed by atoms with van der Waals surface area (Å²) >= 11 is 0. The molecule has 1 amide bonds. The van der Waals surface area contributed by atoms with Crippen LogP contribution in [0.4, 0.5) is 5.69 Å². The molecule has 2 aliphatic rings. The van der Waals surface area contributed by atoms with Crippen LogP contribution in [-0.4, -0.2) is 17.7 Å². The van der Waals surface area contributed by atoms with Crippen LogP contribution < -0.4 is 4.90 Å². The van der Waals surface area contributed by atoms with Crippen molar-refractivity contribution < 1.29 is 9.59 Å². The molecule has 0 N–H and O–H groups in total. The Hall–Kier alpha value is -1.90. The summed E-state index contributed by atoms with van der Waals surface area (Å²) < 4.78 is 0. The zero-order chi connectivity index (χ0) is 12.9. The third-order valence-electron chi connectivity index (χ3n) is 3.90. The summed E-state index contributed by atoms with van der Waals surface area (Å²) in [6.07, 6.45) is 1.28. The molecule has 1 aromatic rings. The highest BCUT2D eigenvalue weighted by Crippen LogP contribution is 2.42. The van der Waals surface area contributed by atoms with Gasteiger partial charge in [-0.1, -0.05) is 18.2 Å². The smallest absolute Gasteiger partial charge is 0.227 e. The van der Waals surface area contributed by atoms with Gasteiger partial charge in [-0.25, -0.2) is 0 Å². The van der Waals surface area contributed by atoms with Crippen molar-refractivity contribution in [3.05, 3.63) is 35.4 Å². The number of amides is 1. The predicted molar refractivity (Wildman–Crippen MR) is 70.2 cm³/mol. The Bertz CT molecular complexity index is 586. The number of ketones is 1. The van der Waals surface area contributed by atoms with Crippen LogP contribution in [0.25, 0.3) is 5.57 Å². The van der Waals surface area contributed by atoms with Crippen LogP contribution in [-0.2, 0) is 9.59 Å². The normalized spacial score (nSPS) is 22.0. The number of carbonyl (C=O) groups is 2. The van der Waals surface area contributed by atoms with E-state index < -0.39 is 0 Å². The fourth-order valence-electron chi connectivity index (χ4n) is 3.15. The van der Waals surface area contributed by atoms with Crippen LogP contribution in [0.2, 0.25) is 0 Å². The van der Waals surface area contributed by atoms with Crippen LogP contribution in [0.15, 0.2) is 29.8 Å². The maximum absolute atomic E-state index is 12.0. The monoisotopic (exact) mass is 241 g/mol. The maximum Gasteiger partial charge on any atom is 0.227 e. The van der Waals surface area contributed by atoms with Gasteiger partial charge >= 0.3 is 0 Å². The van der Waals surface area contributed by atoms with E-state index >= 15 is 0 Å². The molecule has 1 fully saturated rings. The second-order valence-corrected chi connectivity index (χ2v) is 4.93. The van der Waals surface area contributed by atoms with Crippen molar-refractivity contribution in [2.45, 2.75) is 32.7 Å². The first-order valence-electron chi connectivity index (χ1n) is 6.24. The van der Waals surface area contributed by atoms with E-state index in [1.807, 2.05) is 31.2 Å². The Morgan fingerprint density at radius 3 is 2.78 bits per heavy atom. The Labute approximate surface area is 106 Å². The maximum atomic E-state index is 12.0. The molecule has 0 saturated carbocycles. The van der Waals surface area contributed by atoms with Crippen LogP contribution in [0.5, 0.6) is 0 Å². The van der Waals surface area contributed by atoms with Gasteiger partial charge in [-0.05, 0) is 31.9 Å². The minimum absolute atomic E-state index is 0.0510. The molecule has 2 heterocycles. The quantitative estimate of drug-likeness (QED) is 0.757. The zero-order valence-corrected chi connectivity index (χ0v) is 10.6. The van der Waals surface area contributed by atoms with Gasteiger partial charge < -0.3 is 4.90 Å². The summed E-state index contributed by atoms with van der Waals surface area (Å²) in [4.78, 5) is 25.7. The molecule has 1 atom stereocenters. The van der Waals surface area contributed by atoms with Crippen LogP contribution in [0.3, 0.4) is 0 Å². The second kappa shape index (κ2) is 3.80. The zero-order valence-electron chi connectivity index (χ0n) is 10.6. The van der Waals surface area contributed by atoms with Crippen molar-refractivity contribution in [3.63, 3.8) is 0 Å². The highest BCUT2D eigenvalue weighted by atomic mass is 16.2. The molecular weight excluding hydrogens is 226 g/mol. The van der Waals surface area contributed by atoms with Crippen LogP contribution in [0.1, 0.15) is 32.3 Å². The molecule has 1 aromatic carbocycles. The van der Waals surface area contributed by atoms with Crippen molar-refractivity contribution in [1.29, 1.82) is 0 Å². The molecule has 92 valence electrons. The van der Waals surface area contributed by atoms with Crippen LogP contribution in [0, 0.1) is 0 Å². The summed E-state index contributed by atoms with van der Waals surface area (Å²) in [6, 6.07) is 7.78. The van der Waals surface area contributed by atoms with Crippen molar-refractivity contribution in [1.82, 2.24) is 0 Å². The fraction of sp³-hybridized carbons (Fsp3) is 0.333. The van der Waals surface area contributed by atoms with Crippen LogP contribution >= 0.6 is 0 Å². The largest absolute Gasteiger partial charge is 0.304 e. The van der Waals surface area contributed by atoms with Gasteiger partial charge in [-0.2, -0.15) is 0 Å². The summed E-state index contributed by atoms with van der Waals surface area (Å²) in [5, 5.41) is 0. The average Bonchev–Trinajstić information content (AvgIpc) is 2.71. The second-order valence-electron chi connectivity index (χ2n) is 4.93. The van der Waals surface area contributed by atoms with E-state index in [1.165, 1.54) is 0 Å². The lowest BCUT2D eigenvalue weighted by atomic mass is 9.87. The predicted octanol–water partition coefficient (Wildman–Crippen LogP) is 2.56. The number of allylic oxidation sites excluding steroid dienone is 1. The number of Topliss-reactive ketones (excluding diaryl/α,β-unsaturated/α-hetero) is 1. The average molecular weight is 241 g/mol.